The van der Waals surface area contributed by atoms with Gasteiger partial charge in [0.25, 0.3) is 0 Å². The molecule has 0 aromatic heterocycles. The molecule has 0 aliphatic heterocycles. The minimum atomic E-state index is -4.48. The van der Waals surface area contributed by atoms with Gasteiger partial charge in [0.1, 0.15) is 6.54 Å². The Morgan fingerprint density at radius 1 is 1.00 bits per heavy atom. The second-order valence-electron chi connectivity index (χ2n) is 4.19. The number of halogens is 6. The predicted molar refractivity (Wildman–Crippen MR) is 62.2 cm³/mol. The second kappa shape index (κ2) is 6.79. The van der Waals surface area contributed by atoms with Gasteiger partial charge in [0.2, 0.25) is 5.91 Å². The summed E-state index contributed by atoms with van der Waals surface area (Å²) in [6, 6.07) is 4.23. The minimum absolute atomic E-state index is 0.0670. The van der Waals surface area contributed by atoms with Gasteiger partial charge in [-0.2, -0.15) is 26.3 Å². The first-order valence-electron chi connectivity index (χ1n) is 5.78. The standard InChI is InChI=1S/C12H12F6N2O/c13-11(14,15)7-20-10(21)6-19-5-8-1-3-9(4-2-8)12(16,17)18/h1-4,19H,5-7H2,(H,20,21). The molecule has 118 valence electrons. The molecule has 0 atom stereocenters. The van der Waals surface area contributed by atoms with Gasteiger partial charge in [0, 0.05) is 6.54 Å². The van der Waals surface area contributed by atoms with Crippen molar-refractivity contribution in [1.82, 2.24) is 10.6 Å². The van der Waals surface area contributed by atoms with Crippen LogP contribution in [0.4, 0.5) is 26.3 Å². The van der Waals surface area contributed by atoms with Crippen molar-refractivity contribution in [2.75, 3.05) is 13.1 Å². The van der Waals surface area contributed by atoms with Crippen LogP contribution < -0.4 is 10.6 Å². The summed E-state index contributed by atoms with van der Waals surface area (Å²) in [7, 11) is 0. The van der Waals surface area contributed by atoms with Crippen LogP contribution in [0.15, 0.2) is 24.3 Å². The molecule has 1 aromatic rings. The van der Waals surface area contributed by atoms with E-state index in [-0.39, 0.29) is 13.1 Å². The van der Waals surface area contributed by atoms with E-state index in [0.29, 0.717) is 5.56 Å². The average Bonchev–Trinajstić information content (AvgIpc) is 2.35. The van der Waals surface area contributed by atoms with Crippen molar-refractivity contribution in [3.63, 3.8) is 0 Å². The van der Waals surface area contributed by atoms with Gasteiger partial charge < -0.3 is 10.6 Å². The molecule has 9 heteroatoms. The fourth-order valence-corrected chi connectivity index (χ4v) is 1.39. The third kappa shape index (κ3) is 6.98. The highest BCUT2D eigenvalue weighted by atomic mass is 19.4. The zero-order valence-corrected chi connectivity index (χ0v) is 10.6. The molecule has 0 spiro atoms. The number of hydrogen-bond acceptors (Lipinski definition) is 2. The van der Waals surface area contributed by atoms with Crippen LogP contribution in [0.2, 0.25) is 0 Å². The summed E-state index contributed by atoms with van der Waals surface area (Å²) in [6.07, 6.45) is -8.91. The Bertz CT molecular complexity index is 466. The first kappa shape index (κ1) is 17.3. The zero-order chi connectivity index (χ0) is 16.1. The highest BCUT2D eigenvalue weighted by molar-refractivity contribution is 5.78. The van der Waals surface area contributed by atoms with Crippen LogP contribution in [0.3, 0.4) is 0 Å². The molecule has 3 nitrogen and oxygen atoms in total. The third-order valence-corrected chi connectivity index (χ3v) is 2.38. The maximum atomic E-state index is 12.3. The fraction of sp³-hybridized carbons (Fsp3) is 0.417. The molecule has 0 aliphatic carbocycles. The Labute approximate surface area is 116 Å². The molecule has 21 heavy (non-hydrogen) atoms. The topological polar surface area (TPSA) is 41.1 Å². The van der Waals surface area contributed by atoms with E-state index in [1.54, 1.807) is 5.32 Å². The number of benzene rings is 1. The summed E-state index contributed by atoms with van der Waals surface area (Å²) < 4.78 is 72.3. The zero-order valence-electron chi connectivity index (χ0n) is 10.6. The van der Waals surface area contributed by atoms with E-state index in [1.807, 2.05) is 0 Å². The van der Waals surface area contributed by atoms with Crippen molar-refractivity contribution in [3.05, 3.63) is 35.4 Å². The Morgan fingerprint density at radius 3 is 2.05 bits per heavy atom. The maximum absolute atomic E-state index is 12.3. The van der Waals surface area contributed by atoms with Crippen molar-refractivity contribution < 1.29 is 31.1 Å². The predicted octanol–water partition coefficient (Wildman–Crippen LogP) is 2.47. The van der Waals surface area contributed by atoms with Crippen LogP contribution in [0.1, 0.15) is 11.1 Å². The fourth-order valence-electron chi connectivity index (χ4n) is 1.39. The van der Waals surface area contributed by atoms with Crippen molar-refractivity contribution in [2.24, 2.45) is 0 Å². The van der Waals surface area contributed by atoms with Crippen molar-refractivity contribution in [2.45, 2.75) is 18.9 Å². The SMILES string of the molecule is O=C(CNCc1ccc(C(F)(F)F)cc1)NCC(F)(F)F. The van der Waals surface area contributed by atoms with Crippen LogP contribution in [0, 0.1) is 0 Å². The molecule has 1 amide bonds. The number of carbonyl (C=O) groups excluding carboxylic acids is 1. The molecule has 0 heterocycles. The number of carbonyl (C=O) groups is 1. The van der Waals surface area contributed by atoms with Gasteiger partial charge >= 0.3 is 12.4 Å². The van der Waals surface area contributed by atoms with E-state index in [4.69, 9.17) is 0 Å². The first-order valence-corrected chi connectivity index (χ1v) is 5.78. The molecule has 0 saturated heterocycles. The average molecular weight is 314 g/mol. The van der Waals surface area contributed by atoms with Crippen molar-refractivity contribution in [3.8, 4) is 0 Å². The van der Waals surface area contributed by atoms with E-state index in [0.717, 1.165) is 12.1 Å². The molecule has 0 bridgehead atoms. The van der Waals surface area contributed by atoms with Gasteiger partial charge in [0.05, 0.1) is 12.1 Å². The van der Waals surface area contributed by atoms with Crippen molar-refractivity contribution >= 4 is 5.91 Å². The Kier molecular flexibility index (Phi) is 5.59. The molecule has 2 N–H and O–H groups in total. The summed E-state index contributed by atoms with van der Waals surface area (Å²) in [5.41, 5.74) is -0.319. The van der Waals surface area contributed by atoms with Crippen LogP contribution >= 0.6 is 0 Å². The Hall–Kier alpha value is -1.77. The van der Waals surface area contributed by atoms with Gasteiger partial charge in [-0.3, -0.25) is 4.79 Å². The number of hydrogen-bond donors (Lipinski definition) is 2. The molecule has 0 aliphatic rings. The highest BCUT2D eigenvalue weighted by Gasteiger charge is 2.30. The van der Waals surface area contributed by atoms with Gasteiger partial charge in [-0.15, -0.1) is 0 Å². The lowest BCUT2D eigenvalue weighted by atomic mass is 10.1. The maximum Gasteiger partial charge on any atom is 0.416 e. The lowest BCUT2D eigenvalue weighted by molar-refractivity contribution is -0.137. The molecule has 1 aromatic carbocycles. The molecule has 0 fully saturated rings. The first-order chi connectivity index (χ1) is 9.58. The van der Waals surface area contributed by atoms with Crippen LogP contribution in [0.25, 0.3) is 0 Å². The summed E-state index contributed by atoms with van der Waals surface area (Å²) >= 11 is 0. The molecule has 0 radical (unpaired) electrons. The number of rotatable bonds is 5. The number of nitrogens with one attached hydrogen (secondary N) is 2. The molecule has 1 rings (SSSR count). The Balaban J connectivity index is 2.34. The summed E-state index contributed by atoms with van der Waals surface area (Å²) in [5, 5.41) is 4.20. The van der Waals surface area contributed by atoms with Crippen LogP contribution in [0.5, 0.6) is 0 Å². The number of amides is 1. The van der Waals surface area contributed by atoms with Crippen LogP contribution in [-0.2, 0) is 17.5 Å². The van der Waals surface area contributed by atoms with E-state index in [2.05, 4.69) is 5.32 Å². The van der Waals surface area contributed by atoms with Crippen molar-refractivity contribution in [1.29, 1.82) is 0 Å². The third-order valence-electron chi connectivity index (χ3n) is 2.38. The van der Waals surface area contributed by atoms with E-state index < -0.39 is 30.4 Å². The minimum Gasteiger partial charge on any atom is -0.346 e. The van der Waals surface area contributed by atoms with E-state index in [1.165, 1.54) is 12.1 Å². The van der Waals surface area contributed by atoms with Gasteiger partial charge in [0.15, 0.2) is 0 Å². The molecular formula is C12H12F6N2O. The summed E-state index contributed by atoms with van der Waals surface area (Å²) in [5.74, 6) is -0.848. The largest absolute Gasteiger partial charge is 0.416 e. The van der Waals surface area contributed by atoms with E-state index >= 15 is 0 Å². The molecular weight excluding hydrogens is 302 g/mol. The summed E-state index contributed by atoms with van der Waals surface area (Å²) in [6.45, 7) is -1.72. The molecule has 0 saturated carbocycles. The lowest BCUT2D eigenvalue weighted by Gasteiger charge is -2.10. The quantitative estimate of drug-likeness (QED) is 0.820. The van der Waals surface area contributed by atoms with Gasteiger partial charge in [-0.05, 0) is 17.7 Å². The highest BCUT2D eigenvalue weighted by Crippen LogP contribution is 2.28. The smallest absolute Gasteiger partial charge is 0.346 e. The second-order valence-corrected chi connectivity index (χ2v) is 4.19. The van der Waals surface area contributed by atoms with Gasteiger partial charge in [-0.25, -0.2) is 0 Å². The normalized spacial score (nSPS) is 12.3. The van der Waals surface area contributed by atoms with Gasteiger partial charge in [-0.1, -0.05) is 12.1 Å². The molecule has 0 unspecified atom stereocenters. The Morgan fingerprint density at radius 2 is 1.57 bits per heavy atom. The van der Waals surface area contributed by atoms with Crippen LogP contribution in [-0.4, -0.2) is 25.2 Å². The monoisotopic (exact) mass is 314 g/mol. The summed E-state index contributed by atoms with van der Waals surface area (Å²) in [4.78, 5) is 11.0. The van der Waals surface area contributed by atoms with E-state index in [9.17, 15) is 31.1 Å². The number of alkyl halides is 6. The lowest BCUT2D eigenvalue weighted by Crippen LogP contribution is -2.39.